The highest BCUT2D eigenvalue weighted by molar-refractivity contribution is 5.85. The van der Waals surface area contributed by atoms with Gasteiger partial charge in [-0.1, -0.05) is 18.2 Å². The van der Waals surface area contributed by atoms with Gasteiger partial charge in [0.15, 0.2) is 11.5 Å². The summed E-state index contributed by atoms with van der Waals surface area (Å²) in [5.74, 6) is 0.205. The van der Waals surface area contributed by atoms with Gasteiger partial charge in [0.1, 0.15) is 5.82 Å². The number of hydrogen-bond donors (Lipinski definition) is 2. The molecule has 2 N–H and O–H groups in total. The molecule has 0 radical (unpaired) electrons. The molecular formula is C19H21FN2O4. The minimum Gasteiger partial charge on any atom is -0.493 e. The average Bonchev–Trinajstić information content (AvgIpc) is 2.66. The summed E-state index contributed by atoms with van der Waals surface area (Å²) in [7, 11) is 3.09. The molecule has 2 aromatic carbocycles. The van der Waals surface area contributed by atoms with Crippen molar-refractivity contribution < 1.29 is 23.5 Å². The maximum atomic E-state index is 12.8. The van der Waals surface area contributed by atoms with Gasteiger partial charge < -0.3 is 20.1 Å². The van der Waals surface area contributed by atoms with E-state index in [1.54, 1.807) is 19.2 Å². The first-order valence-electron chi connectivity index (χ1n) is 8.00. The Morgan fingerprint density at radius 1 is 0.885 bits per heavy atom. The van der Waals surface area contributed by atoms with Crippen molar-refractivity contribution in [3.8, 4) is 11.5 Å². The van der Waals surface area contributed by atoms with E-state index in [-0.39, 0.29) is 30.6 Å². The molecule has 7 heteroatoms. The highest BCUT2D eigenvalue weighted by Gasteiger charge is 2.08. The van der Waals surface area contributed by atoms with Crippen LogP contribution in [0.5, 0.6) is 11.5 Å². The second kappa shape index (κ2) is 9.41. The zero-order chi connectivity index (χ0) is 18.9. The molecule has 0 saturated carbocycles. The molecule has 26 heavy (non-hydrogen) atoms. The van der Waals surface area contributed by atoms with Crippen LogP contribution in [0, 0.1) is 5.82 Å². The first-order valence-corrected chi connectivity index (χ1v) is 8.00. The number of benzene rings is 2. The summed E-state index contributed by atoms with van der Waals surface area (Å²) >= 11 is 0. The Labute approximate surface area is 151 Å². The molecule has 6 nitrogen and oxygen atoms in total. The van der Waals surface area contributed by atoms with Crippen molar-refractivity contribution in [1.29, 1.82) is 0 Å². The molecular weight excluding hydrogens is 339 g/mol. The molecule has 2 aromatic rings. The van der Waals surface area contributed by atoms with Crippen molar-refractivity contribution in [2.75, 3.05) is 20.8 Å². The molecule has 2 rings (SSSR count). The van der Waals surface area contributed by atoms with E-state index in [1.807, 2.05) is 6.07 Å². The third-order valence-electron chi connectivity index (χ3n) is 3.66. The number of halogens is 1. The van der Waals surface area contributed by atoms with E-state index >= 15 is 0 Å². The molecule has 0 fully saturated rings. The average molecular weight is 360 g/mol. The monoisotopic (exact) mass is 360 g/mol. The molecule has 0 aliphatic rings. The van der Waals surface area contributed by atoms with Gasteiger partial charge in [-0.15, -0.1) is 0 Å². The lowest BCUT2D eigenvalue weighted by Gasteiger charge is -2.11. The normalized spacial score (nSPS) is 10.1. The molecule has 0 atom stereocenters. The van der Waals surface area contributed by atoms with Crippen LogP contribution in [-0.4, -0.2) is 32.6 Å². The SMILES string of the molecule is COc1ccc(CNC(=O)CNC(=O)Cc2ccc(F)cc2)cc1OC. The van der Waals surface area contributed by atoms with Crippen molar-refractivity contribution in [2.24, 2.45) is 0 Å². The van der Waals surface area contributed by atoms with Crippen LogP contribution in [0.3, 0.4) is 0 Å². The van der Waals surface area contributed by atoms with Crippen LogP contribution in [0.2, 0.25) is 0 Å². The van der Waals surface area contributed by atoms with Crippen molar-refractivity contribution in [3.05, 3.63) is 59.4 Å². The van der Waals surface area contributed by atoms with Crippen LogP contribution in [0.15, 0.2) is 42.5 Å². The van der Waals surface area contributed by atoms with Gasteiger partial charge in [0.25, 0.3) is 0 Å². The van der Waals surface area contributed by atoms with Gasteiger partial charge in [-0.25, -0.2) is 4.39 Å². The van der Waals surface area contributed by atoms with Gasteiger partial charge in [-0.05, 0) is 35.4 Å². The highest BCUT2D eigenvalue weighted by Crippen LogP contribution is 2.27. The van der Waals surface area contributed by atoms with Crippen molar-refractivity contribution in [1.82, 2.24) is 10.6 Å². The number of methoxy groups -OCH3 is 2. The third-order valence-corrected chi connectivity index (χ3v) is 3.66. The van der Waals surface area contributed by atoms with Gasteiger partial charge in [0.2, 0.25) is 11.8 Å². The summed E-state index contributed by atoms with van der Waals surface area (Å²) in [5, 5.41) is 5.25. The van der Waals surface area contributed by atoms with Gasteiger partial charge in [-0.2, -0.15) is 0 Å². The minimum absolute atomic E-state index is 0.0865. The number of nitrogens with one attached hydrogen (secondary N) is 2. The molecule has 0 unspecified atom stereocenters. The lowest BCUT2D eigenvalue weighted by Crippen LogP contribution is -2.37. The Bertz CT molecular complexity index is 763. The Hall–Kier alpha value is -3.09. The number of ether oxygens (including phenoxy) is 2. The Kier molecular flexibility index (Phi) is 6.96. The number of carbonyl (C=O) groups is 2. The zero-order valence-electron chi connectivity index (χ0n) is 14.7. The van der Waals surface area contributed by atoms with Crippen molar-refractivity contribution >= 4 is 11.8 Å². The summed E-state index contributed by atoms with van der Waals surface area (Å²) in [5.41, 5.74) is 1.52. The maximum absolute atomic E-state index is 12.8. The number of carbonyl (C=O) groups excluding carboxylic acids is 2. The fourth-order valence-electron chi connectivity index (χ4n) is 2.28. The molecule has 2 amide bonds. The zero-order valence-corrected chi connectivity index (χ0v) is 14.7. The summed E-state index contributed by atoms with van der Waals surface area (Å²) in [6.07, 6.45) is 0.0865. The minimum atomic E-state index is -0.358. The van der Waals surface area contributed by atoms with Crippen LogP contribution in [0.25, 0.3) is 0 Å². The van der Waals surface area contributed by atoms with E-state index in [2.05, 4.69) is 10.6 Å². The van der Waals surface area contributed by atoms with Crippen LogP contribution in [-0.2, 0) is 22.6 Å². The predicted octanol–water partition coefficient (Wildman–Crippen LogP) is 1.82. The highest BCUT2D eigenvalue weighted by atomic mass is 19.1. The maximum Gasteiger partial charge on any atom is 0.239 e. The lowest BCUT2D eigenvalue weighted by molar-refractivity contribution is -0.125. The first kappa shape index (κ1) is 19.2. The second-order valence-electron chi connectivity index (χ2n) is 5.55. The first-order chi connectivity index (χ1) is 12.5. The molecule has 0 saturated heterocycles. The fourth-order valence-corrected chi connectivity index (χ4v) is 2.28. The second-order valence-corrected chi connectivity index (χ2v) is 5.55. The molecule has 0 bridgehead atoms. The number of amides is 2. The molecule has 0 aliphatic heterocycles. The predicted molar refractivity (Wildman–Crippen MR) is 94.5 cm³/mol. The quantitative estimate of drug-likeness (QED) is 0.753. The Morgan fingerprint density at radius 2 is 1.54 bits per heavy atom. The van der Waals surface area contributed by atoms with Crippen molar-refractivity contribution in [2.45, 2.75) is 13.0 Å². The molecule has 0 aromatic heterocycles. The van der Waals surface area contributed by atoms with Gasteiger partial charge in [0, 0.05) is 6.54 Å². The molecule has 138 valence electrons. The smallest absolute Gasteiger partial charge is 0.239 e. The summed E-state index contributed by atoms with van der Waals surface area (Å²) in [6.45, 7) is 0.167. The van der Waals surface area contributed by atoms with Crippen molar-refractivity contribution in [3.63, 3.8) is 0 Å². The van der Waals surface area contributed by atoms with Gasteiger partial charge in [0.05, 0.1) is 27.2 Å². The third kappa shape index (κ3) is 5.77. The Balaban J connectivity index is 1.76. The standard InChI is InChI=1S/C19H21FN2O4/c1-25-16-8-5-14(9-17(16)26-2)11-21-19(24)12-22-18(23)10-13-3-6-15(20)7-4-13/h3-9H,10-12H2,1-2H3,(H,21,24)(H,22,23). The summed E-state index contributed by atoms with van der Waals surface area (Å²) in [4.78, 5) is 23.7. The topological polar surface area (TPSA) is 76.7 Å². The van der Waals surface area contributed by atoms with Crippen LogP contribution >= 0.6 is 0 Å². The number of rotatable bonds is 8. The fraction of sp³-hybridized carbons (Fsp3) is 0.263. The van der Waals surface area contributed by atoms with Gasteiger partial charge in [-0.3, -0.25) is 9.59 Å². The van der Waals surface area contributed by atoms with E-state index in [9.17, 15) is 14.0 Å². The largest absolute Gasteiger partial charge is 0.493 e. The Morgan fingerprint density at radius 3 is 2.19 bits per heavy atom. The van der Waals surface area contributed by atoms with E-state index in [0.29, 0.717) is 23.6 Å². The van der Waals surface area contributed by atoms with E-state index < -0.39 is 0 Å². The molecule has 0 aliphatic carbocycles. The summed E-state index contributed by atoms with van der Waals surface area (Å²) < 4.78 is 23.2. The summed E-state index contributed by atoms with van der Waals surface area (Å²) in [6, 6.07) is 11.0. The lowest BCUT2D eigenvalue weighted by atomic mass is 10.1. The van der Waals surface area contributed by atoms with E-state index in [1.165, 1.54) is 31.4 Å². The van der Waals surface area contributed by atoms with Crippen LogP contribution in [0.4, 0.5) is 4.39 Å². The van der Waals surface area contributed by atoms with E-state index in [0.717, 1.165) is 5.56 Å². The van der Waals surface area contributed by atoms with Crippen LogP contribution < -0.4 is 20.1 Å². The molecule has 0 heterocycles. The number of hydrogen-bond acceptors (Lipinski definition) is 4. The van der Waals surface area contributed by atoms with E-state index in [4.69, 9.17) is 9.47 Å². The molecule has 0 spiro atoms. The van der Waals surface area contributed by atoms with Crippen LogP contribution in [0.1, 0.15) is 11.1 Å². The van der Waals surface area contributed by atoms with Gasteiger partial charge >= 0.3 is 0 Å².